The number of unbranched alkanes of at least 4 members (excludes halogenated alkanes) is 2. The lowest BCUT2D eigenvalue weighted by Gasteiger charge is -2.41. The molecule has 3 unspecified atom stereocenters. The maximum Gasteiger partial charge on any atom is 0.308 e. The summed E-state index contributed by atoms with van der Waals surface area (Å²) in [7, 11) is 0. The topological polar surface area (TPSA) is 98.2 Å². The number of carboxylic acids is 1. The Hall–Kier alpha value is -1.06. The minimum Gasteiger partial charge on any atom is -0.481 e. The summed E-state index contributed by atoms with van der Waals surface area (Å²) in [6.07, 6.45) is 5.88. The molecule has 33 heavy (non-hydrogen) atoms. The summed E-state index contributed by atoms with van der Waals surface area (Å²) in [5, 5.41) is 20.1. The number of hydrogen-bond donors (Lipinski definition) is 2. The van der Waals surface area contributed by atoms with Gasteiger partial charge in [-0.3, -0.25) is 14.4 Å². The molecule has 2 amide bonds. The van der Waals surface area contributed by atoms with E-state index in [0.717, 1.165) is 25.7 Å². The van der Waals surface area contributed by atoms with E-state index in [0.29, 0.717) is 19.5 Å². The maximum absolute atomic E-state index is 14.2. The summed E-state index contributed by atoms with van der Waals surface area (Å²) < 4.78 is -0.804. The van der Waals surface area contributed by atoms with Gasteiger partial charge in [-0.15, -0.1) is 18.3 Å². The number of aliphatic hydroxyl groups excluding tert-OH is 1. The number of nitrogens with zero attached hydrogens (tertiary/aromatic N) is 2. The number of alkyl halides is 1. The molecule has 0 aliphatic carbocycles. The number of halogens is 1. The van der Waals surface area contributed by atoms with Crippen LogP contribution in [0.4, 0.5) is 0 Å². The zero-order chi connectivity index (χ0) is 24.5. The normalized spacial score (nSPS) is 34.3. The third-order valence-electron chi connectivity index (χ3n) is 7.78. The Morgan fingerprint density at radius 3 is 2.64 bits per heavy atom. The van der Waals surface area contributed by atoms with Gasteiger partial charge < -0.3 is 20.0 Å². The molecule has 3 aliphatic rings. The van der Waals surface area contributed by atoms with Crippen LogP contribution in [-0.4, -0.2) is 84.4 Å². The van der Waals surface area contributed by atoms with Crippen LogP contribution in [0.2, 0.25) is 0 Å². The van der Waals surface area contributed by atoms with Crippen LogP contribution in [0.5, 0.6) is 0 Å². The van der Waals surface area contributed by atoms with Gasteiger partial charge in [0, 0.05) is 23.2 Å². The Morgan fingerprint density at radius 2 is 2.09 bits per heavy atom. The van der Waals surface area contributed by atoms with Gasteiger partial charge in [-0.1, -0.05) is 62.0 Å². The number of amides is 2. The Labute approximate surface area is 209 Å². The first-order valence-electron chi connectivity index (χ1n) is 12.1. The predicted octanol–water partition coefficient (Wildman–Crippen LogP) is 3.15. The van der Waals surface area contributed by atoms with Gasteiger partial charge in [-0.05, 0) is 18.8 Å². The molecule has 0 aromatic rings. The first-order valence-corrected chi connectivity index (χ1v) is 13.9. The van der Waals surface area contributed by atoms with Crippen molar-refractivity contribution in [1.29, 1.82) is 0 Å². The molecule has 3 heterocycles. The number of rotatable bonds is 12. The molecule has 2 N–H and O–H groups in total. The first kappa shape index (κ1) is 26.5. The fourth-order valence-corrected chi connectivity index (χ4v) is 9.56. The number of aliphatic hydroxyl groups is 1. The van der Waals surface area contributed by atoms with E-state index in [9.17, 15) is 24.6 Å². The molecular formula is C24H37BrN2O5S. The first-order chi connectivity index (χ1) is 15.7. The Balaban J connectivity index is 2.09. The van der Waals surface area contributed by atoms with Crippen LogP contribution in [0.15, 0.2) is 12.7 Å². The number of fused-ring (bicyclic) bond motifs is 1. The van der Waals surface area contributed by atoms with Crippen LogP contribution in [-0.2, 0) is 14.4 Å². The van der Waals surface area contributed by atoms with Crippen molar-refractivity contribution in [2.75, 3.05) is 19.7 Å². The quantitative estimate of drug-likeness (QED) is 0.222. The fraction of sp³-hybridized carbons (Fsp3) is 0.792. The molecule has 0 radical (unpaired) electrons. The van der Waals surface area contributed by atoms with Crippen molar-refractivity contribution >= 4 is 45.5 Å². The lowest BCUT2D eigenvalue weighted by Crippen LogP contribution is -2.59. The molecule has 1 spiro atoms. The molecule has 2 bridgehead atoms. The van der Waals surface area contributed by atoms with Crippen molar-refractivity contribution in [3.8, 4) is 0 Å². The van der Waals surface area contributed by atoms with Crippen molar-refractivity contribution in [1.82, 2.24) is 9.80 Å². The summed E-state index contributed by atoms with van der Waals surface area (Å²) in [5.74, 6) is -3.05. The molecule has 9 heteroatoms. The van der Waals surface area contributed by atoms with Gasteiger partial charge in [0.15, 0.2) is 0 Å². The molecular weight excluding hydrogens is 508 g/mol. The third-order valence-corrected chi connectivity index (χ3v) is 11.0. The summed E-state index contributed by atoms with van der Waals surface area (Å²) in [5.41, 5.74) is 0. The summed E-state index contributed by atoms with van der Waals surface area (Å²) >= 11 is 5.17. The van der Waals surface area contributed by atoms with Gasteiger partial charge in [0.1, 0.15) is 6.04 Å². The van der Waals surface area contributed by atoms with Gasteiger partial charge >= 0.3 is 5.97 Å². The fourth-order valence-electron chi connectivity index (χ4n) is 5.97. The Morgan fingerprint density at radius 1 is 1.39 bits per heavy atom. The minimum absolute atomic E-state index is 0.0253. The minimum atomic E-state index is -0.986. The lowest BCUT2D eigenvalue weighted by molar-refractivity contribution is -0.150. The highest BCUT2D eigenvalue weighted by atomic mass is 79.9. The number of thioether (sulfide) groups is 1. The highest BCUT2D eigenvalue weighted by Crippen LogP contribution is 2.68. The standard InChI is InChI=1S/C24H37BrN2O5S/c1-5-8-9-11-26(10-6-2)22(30)20-24-12-15(25)19(33-24)17(23(31)32)18(24)21(29)27(20)16(13-28)14(4)7-3/h6,14-20,28H,2,5,7-13H2,1,3-4H3,(H,31,32)/t14-,15?,16-,17-,18-,19-,20?,24?/m0/s1. The molecule has 0 aromatic carbocycles. The zero-order valence-electron chi connectivity index (χ0n) is 19.8. The molecule has 0 saturated carbocycles. The Bertz CT molecular complexity index is 782. The second kappa shape index (κ2) is 10.7. The van der Waals surface area contributed by atoms with Gasteiger partial charge in [0.05, 0.1) is 29.2 Å². The van der Waals surface area contributed by atoms with Gasteiger partial charge in [-0.2, -0.15) is 0 Å². The number of aliphatic carboxylic acids is 1. The third kappa shape index (κ3) is 4.38. The van der Waals surface area contributed by atoms with Gasteiger partial charge in [-0.25, -0.2) is 0 Å². The van der Waals surface area contributed by atoms with Crippen molar-refractivity contribution in [2.45, 2.75) is 79.8 Å². The SMILES string of the molecule is C=CCN(CCCCC)C(=O)C1N([C@@H](CO)[C@@H](C)CC)C(=O)[C@@H]2[C@H](C(=O)O)[C@H]3SC12CC3Br. The predicted molar refractivity (Wildman–Crippen MR) is 133 cm³/mol. The molecule has 7 nitrogen and oxygen atoms in total. The molecule has 3 fully saturated rings. The van der Waals surface area contributed by atoms with Crippen molar-refractivity contribution in [3.05, 3.63) is 12.7 Å². The van der Waals surface area contributed by atoms with E-state index in [1.54, 1.807) is 15.9 Å². The van der Waals surface area contributed by atoms with Crippen LogP contribution >= 0.6 is 27.7 Å². The van der Waals surface area contributed by atoms with Crippen LogP contribution in [0.25, 0.3) is 0 Å². The van der Waals surface area contributed by atoms with E-state index in [1.165, 1.54) is 11.8 Å². The molecule has 3 aliphatic heterocycles. The van der Waals surface area contributed by atoms with Crippen LogP contribution in [0.3, 0.4) is 0 Å². The average molecular weight is 546 g/mol. The van der Waals surface area contributed by atoms with E-state index in [1.807, 2.05) is 13.8 Å². The monoisotopic (exact) mass is 544 g/mol. The smallest absolute Gasteiger partial charge is 0.308 e. The van der Waals surface area contributed by atoms with E-state index < -0.39 is 34.6 Å². The van der Waals surface area contributed by atoms with Gasteiger partial charge in [0.2, 0.25) is 11.8 Å². The summed E-state index contributed by atoms with van der Waals surface area (Å²) in [6.45, 7) is 10.6. The van der Waals surface area contributed by atoms with Crippen LogP contribution in [0, 0.1) is 17.8 Å². The number of hydrogen-bond acceptors (Lipinski definition) is 5. The maximum atomic E-state index is 14.2. The number of carbonyl (C=O) groups excluding carboxylic acids is 2. The second-order valence-corrected chi connectivity index (χ2v) is 12.4. The molecule has 0 aromatic heterocycles. The van der Waals surface area contributed by atoms with E-state index in [2.05, 4.69) is 29.4 Å². The molecule has 3 rings (SSSR count). The van der Waals surface area contributed by atoms with Crippen molar-refractivity contribution in [2.24, 2.45) is 17.8 Å². The highest BCUT2D eigenvalue weighted by molar-refractivity contribution is 9.09. The van der Waals surface area contributed by atoms with Crippen molar-refractivity contribution in [3.63, 3.8) is 0 Å². The van der Waals surface area contributed by atoms with Gasteiger partial charge in [0.25, 0.3) is 0 Å². The summed E-state index contributed by atoms with van der Waals surface area (Å²) in [4.78, 5) is 43.6. The number of carboxylic acid groups (broad SMARTS) is 1. The van der Waals surface area contributed by atoms with Crippen LogP contribution < -0.4 is 0 Å². The number of carbonyl (C=O) groups is 3. The number of likely N-dealkylation sites (tertiary alicyclic amines) is 1. The second-order valence-electron chi connectivity index (χ2n) is 9.66. The lowest BCUT2D eigenvalue weighted by atomic mass is 9.71. The molecule has 3 saturated heterocycles. The molecule has 8 atom stereocenters. The molecule has 186 valence electrons. The van der Waals surface area contributed by atoms with E-state index in [-0.39, 0.29) is 34.4 Å². The van der Waals surface area contributed by atoms with E-state index >= 15 is 0 Å². The average Bonchev–Trinajstić information content (AvgIpc) is 3.37. The van der Waals surface area contributed by atoms with Crippen molar-refractivity contribution < 1.29 is 24.6 Å². The largest absolute Gasteiger partial charge is 0.481 e. The Kier molecular flexibility index (Phi) is 8.60. The highest BCUT2D eigenvalue weighted by Gasteiger charge is 2.76. The van der Waals surface area contributed by atoms with Crippen LogP contribution in [0.1, 0.15) is 52.9 Å². The zero-order valence-corrected chi connectivity index (χ0v) is 22.2. The van der Waals surface area contributed by atoms with E-state index in [4.69, 9.17) is 0 Å². The summed E-state index contributed by atoms with van der Waals surface area (Å²) in [6, 6.07) is -1.32.